The molecule has 1 N–H and O–H groups in total. The molecule has 0 heterocycles. The summed E-state index contributed by atoms with van der Waals surface area (Å²) in [5.74, 6) is -0.730. The Kier molecular flexibility index (Phi) is 6.89. The third-order valence-electron chi connectivity index (χ3n) is 3.65. The summed E-state index contributed by atoms with van der Waals surface area (Å²) in [6.45, 7) is -3.06. The number of hydrogen-bond donors (Lipinski definition) is 1. The van der Waals surface area contributed by atoms with Crippen LogP contribution in [-0.2, 0) is 14.9 Å². The van der Waals surface area contributed by atoms with E-state index >= 15 is 0 Å². The van der Waals surface area contributed by atoms with Crippen molar-refractivity contribution in [3.63, 3.8) is 0 Å². The van der Waals surface area contributed by atoms with E-state index in [0.29, 0.717) is 4.47 Å². The minimum Gasteiger partial charge on any atom is -0.493 e. The molecule has 0 aliphatic carbocycles. The number of nitrogens with zero attached hydrogens (tertiary/aromatic N) is 1. The number of carbonyl (C=O) groups is 1. The Morgan fingerprint density at radius 3 is 2.25 bits per heavy atom. The summed E-state index contributed by atoms with van der Waals surface area (Å²) in [5.41, 5.74) is 0.350. The molecule has 0 unspecified atom stereocenters. The standard InChI is InChI=1S/C17H18F2N2O6S/c1-21(26-3)28(23,24)13-7-4-11(5-8-13)16(22)20-12-6-9-14(25-2)15(10-12)27-17(18)19/h4-10,17H,1-3H3,(H,20,22). The van der Waals surface area contributed by atoms with E-state index in [9.17, 15) is 22.0 Å². The lowest BCUT2D eigenvalue weighted by Crippen LogP contribution is -2.25. The average molecular weight is 416 g/mol. The first-order valence-electron chi connectivity index (χ1n) is 7.76. The van der Waals surface area contributed by atoms with E-state index in [1.807, 2.05) is 0 Å². The zero-order valence-electron chi connectivity index (χ0n) is 15.2. The fourth-order valence-electron chi connectivity index (χ4n) is 2.17. The lowest BCUT2D eigenvalue weighted by atomic mass is 10.2. The molecule has 0 spiro atoms. The summed E-state index contributed by atoms with van der Waals surface area (Å²) in [5, 5.41) is 2.51. The fraction of sp³-hybridized carbons (Fsp3) is 0.235. The van der Waals surface area contributed by atoms with Crippen molar-refractivity contribution in [2.75, 3.05) is 26.6 Å². The van der Waals surface area contributed by atoms with Crippen LogP contribution in [0.15, 0.2) is 47.4 Å². The van der Waals surface area contributed by atoms with Gasteiger partial charge in [0.05, 0.1) is 19.1 Å². The molecule has 0 aliphatic rings. The Morgan fingerprint density at radius 1 is 1.07 bits per heavy atom. The van der Waals surface area contributed by atoms with E-state index in [4.69, 9.17) is 4.74 Å². The van der Waals surface area contributed by atoms with Gasteiger partial charge in [0.1, 0.15) is 0 Å². The van der Waals surface area contributed by atoms with Gasteiger partial charge in [0.2, 0.25) is 0 Å². The largest absolute Gasteiger partial charge is 0.493 e. The topological polar surface area (TPSA) is 94.2 Å². The maximum Gasteiger partial charge on any atom is 0.387 e. The number of rotatable bonds is 8. The van der Waals surface area contributed by atoms with Crippen molar-refractivity contribution in [3.8, 4) is 11.5 Å². The first-order chi connectivity index (χ1) is 13.2. The van der Waals surface area contributed by atoms with Crippen LogP contribution in [0.1, 0.15) is 10.4 Å². The fourth-order valence-corrected chi connectivity index (χ4v) is 3.14. The Balaban J connectivity index is 2.19. The summed E-state index contributed by atoms with van der Waals surface area (Å²) in [7, 11) is -0.0998. The smallest absolute Gasteiger partial charge is 0.387 e. The second-order valence-corrected chi connectivity index (χ2v) is 7.26. The summed E-state index contributed by atoms with van der Waals surface area (Å²) in [6, 6.07) is 9.12. The molecule has 1 amide bonds. The highest BCUT2D eigenvalue weighted by Crippen LogP contribution is 2.31. The number of halogens is 2. The zero-order valence-corrected chi connectivity index (χ0v) is 16.0. The molecule has 0 radical (unpaired) electrons. The van der Waals surface area contributed by atoms with Crippen LogP contribution < -0.4 is 14.8 Å². The highest BCUT2D eigenvalue weighted by molar-refractivity contribution is 7.89. The number of carbonyl (C=O) groups excluding carboxylic acids is 1. The van der Waals surface area contributed by atoms with Gasteiger partial charge in [0, 0.05) is 24.4 Å². The van der Waals surface area contributed by atoms with Gasteiger partial charge in [0.15, 0.2) is 11.5 Å². The van der Waals surface area contributed by atoms with Gasteiger partial charge in [-0.1, -0.05) is 4.47 Å². The molecule has 2 aromatic carbocycles. The van der Waals surface area contributed by atoms with Gasteiger partial charge >= 0.3 is 6.61 Å². The molecule has 0 saturated heterocycles. The van der Waals surface area contributed by atoms with Crippen molar-refractivity contribution in [2.45, 2.75) is 11.5 Å². The number of alkyl halides is 2. The minimum absolute atomic E-state index is 0.0644. The summed E-state index contributed by atoms with van der Waals surface area (Å²) in [4.78, 5) is 16.9. The zero-order chi connectivity index (χ0) is 20.9. The molecule has 0 aliphatic heterocycles. The number of anilines is 1. The normalized spacial score (nSPS) is 11.5. The van der Waals surface area contributed by atoms with Crippen molar-refractivity contribution in [1.29, 1.82) is 0 Å². The van der Waals surface area contributed by atoms with Crippen LogP contribution >= 0.6 is 0 Å². The second-order valence-electron chi connectivity index (χ2n) is 5.32. The van der Waals surface area contributed by atoms with E-state index in [1.54, 1.807) is 0 Å². The van der Waals surface area contributed by atoms with Crippen LogP contribution in [0, 0.1) is 0 Å². The molecule has 2 rings (SSSR count). The molecule has 0 fully saturated rings. The second kappa shape index (κ2) is 8.95. The van der Waals surface area contributed by atoms with Crippen LogP contribution in [0.2, 0.25) is 0 Å². The highest BCUT2D eigenvalue weighted by Gasteiger charge is 2.21. The van der Waals surface area contributed by atoms with Crippen LogP contribution in [-0.4, -0.2) is 46.7 Å². The Hall–Kier alpha value is -2.76. The third kappa shape index (κ3) is 4.94. The molecule has 0 aromatic heterocycles. The molecule has 0 bridgehead atoms. The molecule has 8 nitrogen and oxygen atoms in total. The summed E-state index contributed by atoms with van der Waals surface area (Å²) in [6.07, 6.45) is 0. The van der Waals surface area contributed by atoms with E-state index < -0.39 is 22.5 Å². The first-order valence-corrected chi connectivity index (χ1v) is 9.20. The monoisotopic (exact) mass is 416 g/mol. The van der Waals surface area contributed by atoms with E-state index in [-0.39, 0.29) is 27.6 Å². The molecule has 2 aromatic rings. The minimum atomic E-state index is -3.84. The Morgan fingerprint density at radius 2 is 1.71 bits per heavy atom. The van der Waals surface area contributed by atoms with Crippen LogP contribution in [0.3, 0.4) is 0 Å². The molecule has 152 valence electrons. The predicted octanol–water partition coefficient (Wildman–Crippen LogP) is 2.73. The van der Waals surface area contributed by atoms with Gasteiger partial charge in [-0.2, -0.15) is 8.78 Å². The SMILES string of the molecule is COc1ccc(NC(=O)c2ccc(S(=O)(=O)N(C)OC)cc2)cc1OC(F)F. The average Bonchev–Trinajstić information content (AvgIpc) is 2.67. The number of hydroxylamine groups is 1. The van der Waals surface area contributed by atoms with E-state index in [0.717, 1.165) is 0 Å². The maximum absolute atomic E-state index is 12.5. The number of ether oxygens (including phenoxy) is 2. The van der Waals surface area contributed by atoms with Gasteiger partial charge < -0.3 is 14.8 Å². The van der Waals surface area contributed by atoms with Crippen molar-refractivity contribution < 1.29 is 36.3 Å². The van der Waals surface area contributed by atoms with Gasteiger partial charge in [-0.25, -0.2) is 8.42 Å². The maximum atomic E-state index is 12.5. The molecule has 0 atom stereocenters. The molecule has 28 heavy (non-hydrogen) atoms. The Labute approximate surface area is 160 Å². The lowest BCUT2D eigenvalue weighted by molar-refractivity contribution is -0.0511. The van der Waals surface area contributed by atoms with Crippen LogP contribution in [0.5, 0.6) is 11.5 Å². The van der Waals surface area contributed by atoms with Crippen molar-refractivity contribution in [1.82, 2.24) is 4.47 Å². The van der Waals surface area contributed by atoms with Gasteiger partial charge in [-0.15, -0.1) is 0 Å². The summed E-state index contributed by atoms with van der Waals surface area (Å²) >= 11 is 0. The number of benzene rings is 2. The van der Waals surface area contributed by atoms with Crippen molar-refractivity contribution in [2.24, 2.45) is 0 Å². The quantitative estimate of drug-likeness (QED) is 0.665. The van der Waals surface area contributed by atoms with E-state index in [2.05, 4.69) is 14.9 Å². The Bertz CT molecular complexity index is 935. The lowest BCUT2D eigenvalue weighted by Gasteiger charge is -2.14. The predicted molar refractivity (Wildman–Crippen MR) is 96.0 cm³/mol. The van der Waals surface area contributed by atoms with Gasteiger partial charge in [-0.05, 0) is 36.4 Å². The van der Waals surface area contributed by atoms with Crippen molar-refractivity contribution >= 4 is 21.6 Å². The molecule has 11 heteroatoms. The highest BCUT2D eigenvalue weighted by atomic mass is 32.2. The van der Waals surface area contributed by atoms with Crippen LogP contribution in [0.25, 0.3) is 0 Å². The molecular formula is C17H18F2N2O6S. The number of amides is 1. The third-order valence-corrected chi connectivity index (χ3v) is 5.34. The number of hydrogen-bond acceptors (Lipinski definition) is 6. The van der Waals surface area contributed by atoms with Crippen LogP contribution in [0.4, 0.5) is 14.5 Å². The molecular weight excluding hydrogens is 398 g/mol. The number of methoxy groups -OCH3 is 1. The number of nitrogens with one attached hydrogen (secondary N) is 1. The molecule has 0 saturated carbocycles. The van der Waals surface area contributed by atoms with Gasteiger partial charge in [0.25, 0.3) is 15.9 Å². The first kappa shape index (κ1) is 21.5. The number of sulfonamides is 1. The van der Waals surface area contributed by atoms with E-state index in [1.165, 1.54) is 63.7 Å². The van der Waals surface area contributed by atoms with Gasteiger partial charge in [-0.3, -0.25) is 9.63 Å². The summed E-state index contributed by atoms with van der Waals surface area (Å²) < 4.78 is 59.2. The van der Waals surface area contributed by atoms with Crippen molar-refractivity contribution in [3.05, 3.63) is 48.0 Å².